The van der Waals surface area contributed by atoms with Gasteiger partial charge >= 0.3 is 12.0 Å². The molecule has 0 fully saturated rings. The SMILES string of the molecule is CC.CC.CC.CCC.CCC(CC)C(=O)OCCCCCC(=O)NCC(=O)NC(CCCNC(N)=O)C(C)=O. The predicted octanol–water partition coefficient (Wildman–Crippen LogP) is 5.66. The summed E-state index contributed by atoms with van der Waals surface area (Å²) in [6.45, 7) is 22.0. The van der Waals surface area contributed by atoms with Gasteiger partial charge in [-0.1, -0.05) is 75.7 Å². The first-order valence-corrected chi connectivity index (χ1v) is 15.4. The molecule has 0 aromatic heterocycles. The molecular formula is C30H64N4O6. The molecule has 0 spiro atoms. The summed E-state index contributed by atoms with van der Waals surface area (Å²) in [6, 6.07) is -1.32. The Labute approximate surface area is 245 Å². The zero-order valence-electron chi connectivity index (χ0n) is 27.7. The van der Waals surface area contributed by atoms with Crippen molar-refractivity contribution < 1.29 is 28.7 Å². The summed E-state index contributed by atoms with van der Waals surface area (Å²) in [5, 5.41) is 7.52. The van der Waals surface area contributed by atoms with Gasteiger partial charge in [-0.15, -0.1) is 0 Å². The van der Waals surface area contributed by atoms with E-state index in [0.29, 0.717) is 38.8 Å². The van der Waals surface area contributed by atoms with Gasteiger partial charge in [0.15, 0.2) is 5.78 Å². The Hall–Kier alpha value is -2.65. The molecule has 0 bridgehead atoms. The quantitative estimate of drug-likeness (QED) is 0.129. The van der Waals surface area contributed by atoms with Crippen LogP contribution < -0.4 is 21.7 Å². The second-order valence-corrected chi connectivity index (χ2v) is 8.14. The van der Waals surface area contributed by atoms with Crippen molar-refractivity contribution in [2.24, 2.45) is 11.7 Å². The first kappa shape index (κ1) is 47.2. The summed E-state index contributed by atoms with van der Waals surface area (Å²) >= 11 is 0. The minimum absolute atomic E-state index is 0.0497. The van der Waals surface area contributed by atoms with Crippen LogP contribution in [-0.2, 0) is 23.9 Å². The van der Waals surface area contributed by atoms with Crippen LogP contribution in [0.15, 0.2) is 0 Å². The zero-order valence-corrected chi connectivity index (χ0v) is 27.7. The topological polar surface area (TPSA) is 157 Å². The van der Waals surface area contributed by atoms with Crippen molar-refractivity contribution in [3.8, 4) is 0 Å². The molecule has 0 aliphatic carbocycles. The van der Waals surface area contributed by atoms with E-state index in [1.807, 2.05) is 55.4 Å². The van der Waals surface area contributed by atoms with Crippen molar-refractivity contribution in [3.05, 3.63) is 0 Å². The van der Waals surface area contributed by atoms with Gasteiger partial charge in [0.1, 0.15) is 0 Å². The van der Waals surface area contributed by atoms with Gasteiger partial charge in [-0.25, -0.2) is 4.79 Å². The van der Waals surface area contributed by atoms with Crippen molar-refractivity contribution >= 4 is 29.6 Å². The maximum atomic E-state index is 12.0. The molecule has 0 rings (SSSR count). The highest BCUT2D eigenvalue weighted by Crippen LogP contribution is 2.10. The number of carbonyl (C=O) groups is 5. The average Bonchev–Trinajstić information content (AvgIpc) is 2.95. The molecule has 0 heterocycles. The van der Waals surface area contributed by atoms with Gasteiger partial charge in [0.2, 0.25) is 11.8 Å². The summed E-state index contributed by atoms with van der Waals surface area (Å²) in [5.74, 6) is -1.13. The second kappa shape index (κ2) is 38.5. The van der Waals surface area contributed by atoms with Gasteiger partial charge in [-0.3, -0.25) is 19.2 Å². The molecule has 1 atom stereocenters. The largest absolute Gasteiger partial charge is 0.465 e. The lowest BCUT2D eigenvalue weighted by molar-refractivity contribution is -0.149. The standard InChI is InChI=1S/C21H38N4O6.C3H8.3C2H6/c1-4-16(5-2)20(29)31-13-8-6-7-11-18(27)24-14-19(28)25-17(15(3)26)10-9-12-23-21(22)30;1-3-2;3*1-2/h16-17H,4-14H2,1-3H3,(H,24,27)(H,25,28)(H3,22,23,30);3H2,1-2H3;3*1-2H3. The summed E-state index contributed by atoms with van der Waals surface area (Å²) in [4.78, 5) is 57.8. The Bertz CT molecular complexity index is 611. The number of hydrogen-bond acceptors (Lipinski definition) is 6. The third kappa shape index (κ3) is 35.4. The van der Waals surface area contributed by atoms with E-state index in [1.165, 1.54) is 13.3 Å². The van der Waals surface area contributed by atoms with Gasteiger partial charge in [0.05, 0.1) is 25.1 Å². The maximum absolute atomic E-state index is 12.0. The smallest absolute Gasteiger partial charge is 0.312 e. The summed E-state index contributed by atoms with van der Waals surface area (Å²) < 4.78 is 5.23. The monoisotopic (exact) mass is 576 g/mol. The molecule has 0 aromatic carbocycles. The number of Topliss-reactive ketones (excluding diaryl/α,β-unsaturated/α-hetero) is 1. The van der Waals surface area contributed by atoms with Crippen LogP contribution in [0.4, 0.5) is 4.79 Å². The third-order valence-corrected chi connectivity index (χ3v) is 4.85. The average molecular weight is 577 g/mol. The first-order chi connectivity index (χ1) is 19.1. The predicted molar refractivity (Wildman–Crippen MR) is 166 cm³/mol. The van der Waals surface area contributed by atoms with E-state index in [1.54, 1.807) is 0 Å². The number of ether oxygens (including phenoxy) is 1. The molecule has 5 N–H and O–H groups in total. The number of carbonyl (C=O) groups excluding carboxylic acids is 5. The van der Waals surface area contributed by atoms with Crippen LogP contribution in [0.2, 0.25) is 0 Å². The Balaban J connectivity index is -0.000000404. The number of unbranched alkanes of at least 4 members (excludes halogenated alkanes) is 2. The highest BCUT2D eigenvalue weighted by molar-refractivity contribution is 5.90. The van der Waals surface area contributed by atoms with Crippen LogP contribution in [0.1, 0.15) is 134 Å². The van der Waals surface area contributed by atoms with E-state index >= 15 is 0 Å². The van der Waals surface area contributed by atoms with E-state index in [9.17, 15) is 24.0 Å². The highest BCUT2D eigenvalue weighted by atomic mass is 16.5. The molecule has 10 nitrogen and oxygen atoms in total. The number of amides is 4. The fraction of sp³-hybridized carbons (Fsp3) is 0.833. The van der Waals surface area contributed by atoms with E-state index in [2.05, 4.69) is 29.8 Å². The van der Waals surface area contributed by atoms with Crippen molar-refractivity contribution in [2.45, 2.75) is 140 Å². The first-order valence-electron chi connectivity index (χ1n) is 15.4. The van der Waals surface area contributed by atoms with Crippen molar-refractivity contribution in [1.29, 1.82) is 0 Å². The molecule has 0 aliphatic rings. The summed E-state index contributed by atoms with van der Waals surface area (Å²) in [7, 11) is 0. The van der Waals surface area contributed by atoms with E-state index < -0.39 is 18.0 Å². The van der Waals surface area contributed by atoms with Gasteiger partial charge in [-0.05, 0) is 51.9 Å². The lowest BCUT2D eigenvalue weighted by Crippen LogP contribution is -2.45. The fourth-order valence-electron chi connectivity index (χ4n) is 2.88. The Morgan fingerprint density at radius 2 is 1.27 bits per heavy atom. The number of primary amides is 1. The van der Waals surface area contributed by atoms with Crippen LogP contribution >= 0.6 is 0 Å². The molecule has 0 aliphatic heterocycles. The number of esters is 1. The third-order valence-electron chi connectivity index (χ3n) is 4.85. The number of nitrogens with two attached hydrogens (primary N) is 1. The maximum Gasteiger partial charge on any atom is 0.312 e. The Morgan fingerprint density at radius 3 is 1.73 bits per heavy atom. The fourth-order valence-corrected chi connectivity index (χ4v) is 2.88. The van der Waals surface area contributed by atoms with E-state index in [-0.39, 0.29) is 36.5 Å². The van der Waals surface area contributed by atoms with Crippen LogP contribution in [0.25, 0.3) is 0 Å². The van der Waals surface area contributed by atoms with E-state index in [0.717, 1.165) is 19.3 Å². The van der Waals surface area contributed by atoms with Crippen molar-refractivity contribution in [3.63, 3.8) is 0 Å². The molecule has 0 saturated carbocycles. The number of rotatable bonds is 17. The number of urea groups is 1. The summed E-state index contributed by atoms with van der Waals surface area (Å²) in [5.41, 5.74) is 4.96. The molecule has 240 valence electrons. The van der Waals surface area contributed by atoms with E-state index in [4.69, 9.17) is 10.5 Å². The normalized spacial score (nSPS) is 9.80. The van der Waals surface area contributed by atoms with Crippen LogP contribution in [0.5, 0.6) is 0 Å². The lowest BCUT2D eigenvalue weighted by atomic mass is 10.0. The number of nitrogens with one attached hydrogen (secondary N) is 3. The van der Waals surface area contributed by atoms with Gasteiger partial charge in [0.25, 0.3) is 0 Å². The molecule has 4 amide bonds. The van der Waals surface area contributed by atoms with Gasteiger partial charge in [0, 0.05) is 13.0 Å². The summed E-state index contributed by atoms with van der Waals surface area (Å²) in [6.07, 6.45) is 5.93. The molecule has 0 saturated heterocycles. The lowest BCUT2D eigenvalue weighted by Gasteiger charge is -2.16. The Kier molecular flexibility index (Phi) is 45.4. The zero-order chi connectivity index (χ0) is 32.4. The number of hydrogen-bond donors (Lipinski definition) is 4. The van der Waals surface area contributed by atoms with Gasteiger partial charge < -0.3 is 26.4 Å². The Morgan fingerprint density at radius 1 is 0.750 bits per heavy atom. The highest BCUT2D eigenvalue weighted by Gasteiger charge is 2.17. The van der Waals surface area contributed by atoms with Gasteiger partial charge in [-0.2, -0.15) is 0 Å². The van der Waals surface area contributed by atoms with Crippen molar-refractivity contribution in [2.75, 3.05) is 19.7 Å². The molecule has 1 unspecified atom stereocenters. The second-order valence-electron chi connectivity index (χ2n) is 8.14. The molecule has 10 heteroatoms. The molecule has 0 radical (unpaired) electrons. The minimum Gasteiger partial charge on any atom is -0.465 e. The molecule has 0 aromatic rings. The number of ketones is 1. The van der Waals surface area contributed by atoms with Crippen LogP contribution in [0, 0.1) is 5.92 Å². The van der Waals surface area contributed by atoms with Crippen LogP contribution in [0.3, 0.4) is 0 Å². The molecule has 40 heavy (non-hydrogen) atoms. The molecular weight excluding hydrogens is 512 g/mol. The van der Waals surface area contributed by atoms with Crippen LogP contribution in [-0.4, -0.2) is 55.3 Å². The van der Waals surface area contributed by atoms with Crippen molar-refractivity contribution in [1.82, 2.24) is 16.0 Å². The minimum atomic E-state index is -0.679.